The first kappa shape index (κ1) is 15.8. The molecule has 0 unspecified atom stereocenters. The van der Waals surface area contributed by atoms with Gasteiger partial charge in [0.25, 0.3) is 0 Å². The van der Waals surface area contributed by atoms with Crippen LogP contribution in [0, 0.1) is 5.41 Å². The predicted octanol–water partition coefficient (Wildman–Crippen LogP) is 1.72. The summed E-state index contributed by atoms with van der Waals surface area (Å²) in [6.07, 6.45) is 0. The maximum Gasteiger partial charge on any atom is 0.124 e. The van der Waals surface area contributed by atoms with Crippen molar-refractivity contribution in [3.63, 3.8) is 0 Å². The monoisotopic (exact) mass is 285 g/mol. The minimum atomic E-state index is -0.00247. The summed E-state index contributed by atoms with van der Waals surface area (Å²) in [7, 11) is 3.31. The molecule has 3 N–H and O–H groups in total. The van der Waals surface area contributed by atoms with Gasteiger partial charge in [0.1, 0.15) is 5.84 Å². The van der Waals surface area contributed by atoms with E-state index in [2.05, 4.69) is 4.90 Å². The van der Waals surface area contributed by atoms with Crippen LogP contribution in [0.4, 0.5) is 5.69 Å². The third kappa shape index (κ3) is 4.70. The van der Waals surface area contributed by atoms with Crippen LogP contribution in [0.15, 0.2) is 18.2 Å². The summed E-state index contributed by atoms with van der Waals surface area (Å²) in [4.78, 5) is 2.07. The second-order valence-electron chi connectivity index (χ2n) is 4.05. The average Bonchev–Trinajstić information content (AvgIpc) is 2.39. The molecule has 0 aliphatic heterocycles. The quantitative estimate of drug-likeness (QED) is 0.564. The summed E-state index contributed by atoms with van der Waals surface area (Å²) in [5.74, 6) is -0.00247. The number of halogens is 1. The van der Waals surface area contributed by atoms with E-state index in [0.717, 1.165) is 5.69 Å². The van der Waals surface area contributed by atoms with Crippen LogP contribution in [-0.4, -0.2) is 46.4 Å². The first-order valence-corrected chi connectivity index (χ1v) is 6.34. The average molecular weight is 286 g/mol. The van der Waals surface area contributed by atoms with Crippen molar-refractivity contribution in [2.24, 2.45) is 5.73 Å². The van der Waals surface area contributed by atoms with Crippen molar-refractivity contribution in [2.75, 3.05) is 45.4 Å². The van der Waals surface area contributed by atoms with Crippen LogP contribution in [0.25, 0.3) is 0 Å². The van der Waals surface area contributed by atoms with Crippen molar-refractivity contribution in [1.29, 1.82) is 5.41 Å². The number of methoxy groups -OCH3 is 2. The topological polar surface area (TPSA) is 71.6 Å². The van der Waals surface area contributed by atoms with Gasteiger partial charge in [0.2, 0.25) is 0 Å². The lowest BCUT2D eigenvalue weighted by molar-refractivity contribution is 0.190. The molecule has 5 nitrogen and oxygen atoms in total. The second kappa shape index (κ2) is 7.99. The Morgan fingerprint density at radius 2 is 1.84 bits per heavy atom. The highest BCUT2D eigenvalue weighted by molar-refractivity contribution is 6.31. The van der Waals surface area contributed by atoms with Crippen molar-refractivity contribution in [3.8, 4) is 0 Å². The number of rotatable bonds is 8. The lowest BCUT2D eigenvalue weighted by Crippen LogP contribution is -2.32. The van der Waals surface area contributed by atoms with Gasteiger partial charge in [-0.2, -0.15) is 0 Å². The number of hydrogen-bond acceptors (Lipinski definition) is 4. The van der Waals surface area contributed by atoms with Crippen molar-refractivity contribution in [2.45, 2.75) is 0 Å². The molecule has 0 saturated carbocycles. The Labute approximate surface area is 118 Å². The number of nitrogens with one attached hydrogen (secondary N) is 1. The highest BCUT2D eigenvalue weighted by atomic mass is 35.5. The predicted molar refractivity (Wildman–Crippen MR) is 78.4 cm³/mol. The molecule has 0 aromatic heterocycles. The summed E-state index contributed by atoms with van der Waals surface area (Å²) in [6, 6.07) is 5.35. The summed E-state index contributed by atoms with van der Waals surface area (Å²) in [6.45, 7) is 2.57. The Bertz CT molecular complexity index is 418. The van der Waals surface area contributed by atoms with E-state index in [9.17, 15) is 0 Å². The SMILES string of the molecule is COCCN(CCOC)c1ccc(Cl)cc1C(=N)N. The Kier molecular flexibility index (Phi) is 6.62. The van der Waals surface area contributed by atoms with Crippen LogP contribution < -0.4 is 10.6 Å². The molecule has 0 radical (unpaired) electrons. The standard InChI is InChI=1S/C13H20ClN3O2/c1-18-7-5-17(6-8-19-2)12-4-3-10(14)9-11(12)13(15)16/h3-4,9H,5-8H2,1-2H3,(H3,15,16). The fraction of sp³-hybridized carbons (Fsp3) is 0.462. The van der Waals surface area contributed by atoms with E-state index in [-0.39, 0.29) is 5.84 Å². The molecule has 0 atom stereocenters. The van der Waals surface area contributed by atoms with Gasteiger partial charge in [-0.15, -0.1) is 0 Å². The van der Waals surface area contributed by atoms with E-state index in [0.29, 0.717) is 36.9 Å². The molecule has 0 aliphatic rings. The normalized spacial score (nSPS) is 10.5. The van der Waals surface area contributed by atoms with E-state index in [4.69, 9.17) is 32.2 Å². The molecule has 0 saturated heterocycles. The summed E-state index contributed by atoms with van der Waals surface area (Å²) in [5.41, 5.74) is 7.11. The van der Waals surface area contributed by atoms with Gasteiger partial charge in [0, 0.05) is 43.6 Å². The van der Waals surface area contributed by atoms with Gasteiger partial charge in [0.05, 0.1) is 13.2 Å². The number of benzene rings is 1. The maximum absolute atomic E-state index is 7.65. The van der Waals surface area contributed by atoms with E-state index >= 15 is 0 Å². The number of amidine groups is 1. The molecular formula is C13H20ClN3O2. The minimum Gasteiger partial charge on any atom is -0.384 e. The number of nitrogens with zero attached hydrogens (tertiary/aromatic N) is 1. The van der Waals surface area contributed by atoms with Crippen molar-refractivity contribution < 1.29 is 9.47 Å². The fourth-order valence-electron chi connectivity index (χ4n) is 1.76. The summed E-state index contributed by atoms with van der Waals surface area (Å²) >= 11 is 5.95. The van der Waals surface area contributed by atoms with Crippen molar-refractivity contribution in [3.05, 3.63) is 28.8 Å². The van der Waals surface area contributed by atoms with Gasteiger partial charge in [-0.05, 0) is 18.2 Å². The van der Waals surface area contributed by atoms with Crippen LogP contribution in [0.5, 0.6) is 0 Å². The molecule has 19 heavy (non-hydrogen) atoms. The fourth-order valence-corrected chi connectivity index (χ4v) is 1.93. The highest BCUT2D eigenvalue weighted by Gasteiger charge is 2.13. The third-order valence-corrected chi connectivity index (χ3v) is 2.96. The highest BCUT2D eigenvalue weighted by Crippen LogP contribution is 2.24. The number of anilines is 1. The van der Waals surface area contributed by atoms with E-state index in [1.165, 1.54) is 0 Å². The van der Waals surface area contributed by atoms with Gasteiger partial charge in [-0.25, -0.2) is 0 Å². The summed E-state index contributed by atoms with van der Waals surface area (Å²) < 4.78 is 10.2. The first-order chi connectivity index (χ1) is 9.10. The van der Waals surface area contributed by atoms with Crippen LogP contribution in [-0.2, 0) is 9.47 Å². The third-order valence-electron chi connectivity index (χ3n) is 2.72. The first-order valence-electron chi connectivity index (χ1n) is 5.97. The minimum absolute atomic E-state index is 0.00247. The molecule has 0 aliphatic carbocycles. The molecular weight excluding hydrogens is 266 g/mol. The van der Waals surface area contributed by atoms with Gasteiger partial charge in [-0.1, -0.05) is 11.6 Å². The molecule has 0 fully saturated rings. The number of ether oxygens (including phenoxy) is 2. The Morgan fingerprint density at radius 3 is 2.32 bits per heavy atom. The smallest absolute Gasteiger partial charge is 0.124 e. The number of hydrogen-bond donors (Lipinski definition) is 2. The molecule has 1 aromatic rings. The van der Waals surface area contributed by atoms with Crippen LogP contribution >= 0.6 is 11.6 Å². The molecule has 0 heterocycles. The lowest BCUT2D eigenvalue weighted by Gasteiger charge is -2.26. The largest absolute Gasteiger partial charge is 0.384 e. The zero-order valence-electron chi connectivity index (χ0n) is 11.3. The Balaban J connectivity index is 3.02. The molecule has 0 amide bonds. The lowest BCUT2D eigenvalue weighted by atomic mass is 10.1. The van der Waals surface area contributed by atoms with E-state index < -0.39 is 0 Å². The van der Waals surface area contributed by atoms with E-state index in [1.54, 1.807) is 26.4 Å². The molecule has 0 spiro atoms. The number of nitrogen functional groups attached to an aromatic ring is 1. The maximum atomic E-state index is 7.65. The molecule has 1 aromatic carbocycles. The molecule has 6 heteroatoms. The van der Waals surface area contributed by atoms with Gasteiger partial charge in [0.15, 0.2) is 0 Å². The van der Waals surface area contributed by atoms with Gasteiger partial charge < -0.3 is 20.1 Å². The Hall–Kier alpha value is -1.30. The van der Waals surface area contributed by atoms with Crippen LogP contribution in [0.2, 0.25) is 5.02 Å². The summed E-state index contributed by atoms with van der Waals surface area (Å²) in [5, 5.41) is 8.21. The second-order valence-corrected chi connectivity index (χ2v) is 4.48. The number of nitrogens with two attached hydrogens (primary N) is 1. The van der Waals surface area contributed by atoms with Crippen molar-refractivity contribution >= 4 is 23.1 Å². The van der Waals surface area contributed by atoms with Gasteiger partial charge >= 0.3 is 0 Å². The molecule has 1 rings (SSSR count). The van der Waals surface area contributed by atoms with Crippen LogP contribution in [0.3, 0.4) is 0 Å². The van der Waals surface area contributed by atoms with Crippen molar-refractivity contribution in [1.82, 2.24) is 0 Å². The van der Waals surface area contributed by atoms with Gasteiger partial charge in [-0.3, -0.25) is 5.41 Å². The zero-order chi connectivity index (χ0) is 14.3. The van der Waals surface area contributed by atoms with Crippen LogP contribution in [0.1, 0.15) is 5.56 Å². The van der Waals surface area contributed by atoms with E-state index in [1.807, 2.05) is 6.07 Å². The molecule has 106 valence electrons. The molecule has 0 bridgehead atoms. The Morgan fingerprint density at radius 1 is 1.26 bits per heavy atom. The zero-order valence-corrected chi connectivity index (χ0v) is 12.0.